The van der Waals surface area contributed by atoms with Crippen molar-refractivity contribution >= 4 is 0 Å². The van der Waals surface area contributed by atoms with E-state index in [0.29, 0.717) is 42.1 Å². The van der Waals surface area contributed by atoms with Crippen LogP contribution in [0.1, 0.15) is 98.8 Å². The fraction of sp³-hybridized carbons (Fsp3) is 0.956. The number of ether oxygens (including phenoxy) is 6. The zero-order valence-electron chi connectivity index (χ0n) is 36.8. The third kappa shape index (κ3) is 7.31. The molecule has 0 aromatic rings. The van der Waals surface area contributed by atoms with Crippen LogP contribution in [0.15, 0.2) is 11.6 Å². The molecule has 9 aliphatic rings. The predicted octanol–water partition coefficient (Wildman–Crippen LogP) is 0.436. The predicted molar refractivity (Wildman–Crippen MR) is 216 cm³/mol. The summed E-state index contributed by atoms with van der Waals surface area (Å²) in [4.78, 5) is 6.71. The molecule has 1 spiro atoms. The minimum atomic E-state index is -1.83. The van der Waals surface area contributed by atoms with Crippen LogP contribution in [0, 0.1) is 46.3 Å². The molecule has 5 saturated heterocycles. The molecule has 0 aromatic carbocycles. The number of aliphatic hydroxyl groups is 9. The van der Waals surface area contributed by atoms with Crippen LogP contribution < -0.4 is 0 Å². The van der Waals surface area contributed by atoms with Gasteiger partial charge in [-0.15, -0.1) is 0 Å². The molecule has 4 aliphatic carbocycles. The Morgan fingerprint density at radius 2 is 1.42 bits per heavy atom. The first-order valence-corrected chi connectivity index (χ1v) is 23.5. The number of allylic oxidation sites excluding steroid dienone is 2. The second-order valence-electron chi connectivity index (χ2n) is 21.2. The lowest BCUT2D eigenvalue weighted by Gasteiger charge is -2.58. The van der Waals surface area contributed by atoms with Crippen LogP contribution in [-0.4, -0.2) is 175 Å². The zero-order valence-corrected chi connectivity index (χ0v) is 36.8. The van der Waals surface area contributed by atoms with E-state index < -0.39 is 111 Å². The molecule has 25 atom stereocenters. The third-order valence-electron chi connectivity index (χ3n) is 17.9. The molecule has 0 aromatic heterocycles. The maximum absolute atomic E-state index is 12.0. The average Bonchev–Trinajstić information content (AvgIpc) is 3.71. The average molecular weight is 884 g/mol. The maximum atomic E-state index is 12.0. The Balaban J connectivity index is 0.945. The van der Waals surface area contributed by atoms with E-state index in [-0.39, 0.29) is 23.4 Å². The first kappa shape index (κ1) is 46.2. The SMILES string of the molecule is C[C@@H]1CC[C@]2(O[C@H]3C[C@H]4[C@@H]5CC=C6CCCC[C@]6(C)[C@H]5CC[C@]4(C)[C@H]3[C@@H]2C)N(O[C@H]2O[C@H](CO)[C@@H](O)[C@H](O[C@@H]3O[C@H](CO)[C@@H](O)[C@H](O)[C@H]3O[C@@H]3O[C@@H](C)[C@H](O)[C@@H](O)[C@H]3O)[C@H]2O)C1. The van der Waals surface area contributed by atoms with Gasteiger partial charge in [0, 0.05) is 12.5 Å². The van der Waals surface area contributed by atoms with Crippen LogP contribution >= 0.6 is 0 Å². The van der Waals surface area contributed by atoms with Gasteiger partial charge in [0.2, 0.25) is 6.29 Å². The Kier molecular flexibility index (Phi) is 12.9. The Morgan fingerprint density at radius 1 is 0.710 bits per heavy atom. The number of hydrogen-bond donors (Lipinski definition) is 9. The van der Waals surface area contributed by atoms with Crippen LogP contribution in [-0.2, 0) is 33.3 Å². The van der Waals surface area contributed by atoms with Gasteiger partial charge >= 0.3 is 0 Å². The van der Waals surface area contributed by atoms with Crippen molar-refractivity contribution in [1.29, 1.82) is 0 Å². The van der Waals surface area contributed by atoms with Gasteiger partial charge in [0.15, 0.2) is 12.6 Å². The molecule has 62 heavy (non-hydrogen) atoms. The van der Waals surface area contributed by atoms with Crippen molar-refractivity contribution in [3.05, 3.63) is 11.6 Å². The molecule has 3 saturated carbocycles. The molecule has 17 nitrogen and oxygen atoms in total. The van der Waals surface area contributed by atoms with Gasteiger partial charge in [-0.1, -0.05) is 45.8 Å². The van der Waals surface area contributed by atoms with Gasteiger partial charge in [0.1, 0.15) is 72.9 Å². The van der Waals surface area contributed by atoms with Gasteiger partial charge in [-0.2, -0.15) is 5.06 Å². The zero-order chi connectivity index (χ0) is 44.2. The van der Waals surface area contributed by atoms with Crippen molar-refractivity contribution in [2.75, 3.05) is 19.8 Å². The minimum Gasteiger partial charge on any atom is -0.394 e. The molecule has 354 valence electrons. The quantitative estimate of drug-likeness (QED) is 0.150. The summed E-state index contributed by atoms with van der Waals surface area (Å²) in [5, 5.41) is 99.3. The number of hydrogen-bond acceptors (Lipinski definition) is 17. The van der Waals surface area contributed by atoms with E-state index in [0.717, 1.165) is 25.7 Å². The summed E-state index contributed by atoms with van der Waals surface area (Å²) in [5.74, 6) is 2.47. The summed E-state index contributed by atoms with van der Waals surface area (Å²) in [7, 11) is 0. The van der Waals surface area contributed by atoms with Gasteiger partial charge in [-0.05, 0) is 105 Å². The van der Waals surface area contributed by atoms with Crippen LogP contribution in [0.25, 0.3) is 0 Å². The molecule has 0 amide bonds. The van der Waals surface area contributed by atoms with E-state index in [2.05, 4.69) is 33.8 Å². The van der Waals surface area contributed by atoms with Gasteiger partial charge in [0.25, 0.3) is 0 Å². The summed E-state index contributed by atoms with van der Waals surface area (Å²) < 4.78 is 36.9. The van der Waals surface area contributed by atoms with Crippen molar-refractivity contribution in [2.24, 2.45) is 46.3 Å². The summed E-state index contributed by atoms with van der Waals surface area (Å²) >= 11 is 0. The molecule has 0 unspecified atom stereocenters. The van der Waals surface area contributed by atoms with Crippen LogP contribution in [0.5, 0.6) is 0 Å². The smallest absolute Gasteiger partial charge is 0.206 e. The Hall–Kier alpha value is -0.940. The van der Waals surface area contributed by atoms with Crippen molar-refractivity contribution < 1.29 is 79.2 Å². The Morgan fingerprint density at radius 3 is 2.16 bits per heavy atom. The standard InChI is InChI=1S/C45H73NO16/c1-20-11-15-45(21(2)30-27(61-45)16-26-24-10-9-23-8-6-7-13-43(23,4)25(24)12-14-44(26,30)5)46(17-20)62-41-37(55)38(33(51)29(19-48)57-41)59-42-39(35(53)32(50)28(18-47)58-42)60-40-36(54)34(52)31(49)22(3)56-40/h9,20-22,24-42,47-55H,6-8,10-19H2,1-5H3/t20-,21+,22+,24-,25+,26+,27+,28-,29-,30+,31+,32-,33-,34-,35+,36-,37-,38+,39-,40+,41-,42+,43+,44+,45-/m1/s1. The molecule has 0 bridgehead atoms. The van der Waals surface area contributed by atoms with Gasteiger partial charge in [-0.3, -0.25) is 4.84 Å². The van der Waals surface area contributed by atoms with Crippen LogP contribution in [0.3, 0.4) is 0 Å². The van der Waals surface area contributed by atoms with E-state index in [1.54, 1.807) is 5.57 Å². The molecule has 9 rings (SSSR count). The van der Waals surface area contributed by atoms with Gasteiger partial charge < -0.3 is 74.4 Å². The first-order chi connectivity index (χ1) is 29.5. The molecule has 17 heteroatoms. The first-order valence-electron chi connectivity index (χ1n) is 23.5. The summed E-state index contributed by atoms with van der Waals surface area (Å²) in [6.07, 6.45) is -9.83. The van der Waals surface area contributed by atoms with Crippen LogP contribution in [0.2, 0.25) is 0 Å². The topological polar surface area (TPSA) is 250 Å². The minimum absolute atomic E-state index is 0.0312. The summed E-state index contributed by atoms with van der Waals surface area (Å²) in [6, 6.07) is 0. The summed E-state index contributed by atoms with van der Waals surface area (Å²) in [6.45, 7) is 9.94. The van der Waals surface area contributed by atoms with Crippen molar-refractivity contribution in [1.82, 2.24) is 5.06 Å². The van der Waals surface area contributed by atoms with E-state index in [1.807, 2.05) is 5.06 Å². The third-order valence-corrected chi connectivity index (χ3v) is 17.9. The fourth-order valence-electron chi connectivity index (χ4n) is 14.4. The number of piperidine rings is 1. The molecule has 0 radical (unpaired) electrons. The fourth-order valence-corrected chi connectivity index (χ4v) is 14.4. The highest BCUT2D eigenvalue weighted by Gasteiger charge is 2.70. The van der Waals surface area contributed by atoms with Crippen molar-refractivity contribution in [3.8, 4) is 0 Å². The lowest BCUT2D eigenvalue weighted by molar-refractivity contribution is -0.430. The monoisotopic (exact) mass is 883 g/mol. The lowest BCUT2D eigenvalue weighted by Crippen LogP contribution is -2.67. The molecule has 9 N–H and O–H groups in total. The van der Waals surface area contributed by atoms with E-state index in [9.17, 15) is 46.0 Å². The van der Waals surface area contributed by atoms with Gasteiger partial charge in [0.05, 0.1) is 25.4 Å². The Bertz CT molecular complexity index is 1630. The molecule has 5 heterocycles. The lowest BCUT2D eigenvalue weighted by atomic mass is 9.47. The highest BCUT2D eigenvalue weighted by Crippen LogP contribution is 2.71. The maximum Gasteiger partial charge on any atom is 0.206 e. The molecule has 5 aliphatic heterocycles. The largest absolute Gasteiger partial charge is 0.394 e. The number of hydroxylamine groups is 2. The number of fused-ring (bicyclic) bond motifs is 7. The number of rotatable bonds is 8. The molecular formula is C45H73NO16. The summed E-state index contributed by atoms with van der Waals surface area (Å²) in [5.41, 5.74) is 1.26. The molecule has 8 fully saturated rings. The van der Waals surface area contributed by atoms with Crippen LogP contribution in [0.4, 0.5) is 0 Å². The second-order valence-corrected chi connectivity index (χ2v) is 21.2. The Labute approximate surface area is 364 Å². The van der Waals surface area contributed by atoms with Crippen molar-refractivity contribution in [3.63, 3.8) is 0 Å². The normalized spacial score (nSPS) is 56.8. The highest BCUT2D eigenvalue weighted by molar-refractivity contribution is 5.25. The van der Waals surface area contributed by atoms with E-state index in [1.165, 1.54) is 39.0 Å². The number of aliphatic hydroxyl groups excluding tert-OH is 9. The molecular weight excluding hydrogens is 810 g/mol. The van der Waals surface area contributed by atoms with Gasteiger partial charge in [-0.25, -0.2) is 0 Å². The highest BCUT2D eigenvalue weighted by atomic mass is 16.8. The van der Waals surface area contributed by atoms with Crippen molar-refractivity contribution in [2.45, 2.75) is 203 Å². The van der Waals surface area contributed by atoms with E-state index >= 15 is 0 Å². The number of nitrogens with zero attached hydrogens (tertiary/aromatic N) is 1. The van der Waals surface area contributed by atoms with E-state index in [4.69, 9.17) is 33.3 Å². The second kappa shape index (κ2) is 17.3.